The van der Waals surface area contributed by atoms with E-state index in [1.165, 1.54) is 16.1 Å². The topological polar surface area (TPSA) is 78.8 Å². The highest BCUT2D eigenvalue weighted by atomic mass is 32.2. The van der Waals surface area contributed by atoms with E-state index in [-0.39, 0.29) is 17.9 Å². The Balaban J connectivity index is 1.70. The lowest BCUT2D eigenvalue weighted by Crippen LogP contribution is -2.29. The molecule has 1 N–H and O–H groups in total. The molecule has 3 rings (SSSR count). The van der Waals surface area contributed by atoms with Crippen LogP contribution in [0.2, 0.25) is 0 Å². The summed E-state index contributed by atoms with van der Waals surface area (Å²) < 4.78 is 26.3. The zero-order valence-corrected chi connectivity index (χ0v) is 21.8. The lowest BCUT2D eigenvalue weighted by molar-refractivity contribution is 0.0954. The minimum atomic E-state index is -3.52. The van der Waals surface area contributed by atoms with E-state index in [4.69, 9.17) is 0 Å². The molecule has 0 bridgehead atoms. The summed E-state index contributed by atoms with van der Waals surface area (Å²) >= 11 is 0. The number of amides is 1. The first kappa shape index (κ1) is 26.2. The van der Waals surface area contributed by atoms with Gasteiger partial charge in [-0.05, 0) is 66.6 Å². The number of carbonyl (C=O) groups is 1. The number of nitrogens with zero attached hydrogens (tertiary/aromatic N) is 2. The van der Waals surface area contributed by atoms with Crippen LogP contribution in [0.3, 0.4) is 0 Å². The van der Waals surface area contributed by atoms with E-state index < -0.39 is 10.0 Å². The smallest absolute Gasteiger partial charge is 0.267 e. The van der Waals surface area contributed by atoms with E-state index in [0.29, 0.717) is 17.7 Å². The normalized spacial score (nSPS) is 12.3. The van der Waals surface area contributed by atoms with Crippen molar-refractivity contribution in [3.8, 4) is 0 Å². The van der Waals surface area contributed by atoms with Crippen LogP contribution in [0.5, 0.6) is 0 Å². The minimum absolute atomic E-state index is 0.118. The van der Waals surface area contributed by atoms with Crippen LogP contribution in [0.4, 0.5) is 5.69 Å². The second kappa shape index (κ2) is 10.9. The number of hydrazone groups is 1. The van der Waals surface area contributed by atoms with Crippen molar-refractivity contribution in [2.24, 2.45) is 5.10 Å². The van der Waals surface area contributed by atoms with Crippen molar-refractivity contribution >= 4 is 27.3 Å². The monoisotopic (exact) mass is 491 g/mol. The summed E-state index contributed by atoms with van der Waals surface area (Å²) in [5.74, 6) is -0.349. The molecule has 0 saturated carbocycles. The van der Waals surface area contributed by atoms with E-state index in [2.05, 4.69) is 36.5 Å². The number of sulfonamides is 1. The van der Waals surface area contributed by atoms with Gasteiger partial charge in [-0.3, -0.25) is 9.10 Å². The Morgan fingerprint density at radius 2 is 1.54 bits per heavy atom. The Morgan fingerprint density at radius 3 is 2.14 bits per heavy atom. The maximum Gasteiger partial charge on any atom is 0.271 e. The average molecular weight is 492 g/mol. The number of aryl methyl sites for hydroxylation is 1. The third kappa shape index (κ3) is 7.02. The Kier molecular flexibility index (Phi) is 8.12. The van der Waals surface area contributed by atoms with Crippen LogP contribution < -0.4 is 9.73 Å². The van der Waals surface area contributed by atoms with Gasteiger partial charge in [-0.25, -0.2) is 13.8 Å². The van der Waals surface area contributed by atoms with Gasteiger partial charge in [0.2, 0.25) is 10.0 Å². The average Bonchev–Trinajstić information content (AvgIpc) is 2.82. The zero-order valence-electron chi connectivity index (χ0n) is 20.9. The molecule has 0 atom stereocenters. The quantitative estimate of drug-likeness (QED) is 0.320. The number of rotatable bonds is 9. The minimum Gasteiger partial charge on any atom is -0.267 e. The Hall–Kier alpha value is -3.45. The van der Waals surface area contributed by atoms with Gasteiger partial charge in [-0.15, -0.1) is 0 Å². The molecule has 3 aromatic carbocycles. The fourth-order valence-electron chi connectivity index (χ4n) is 4.00. The van der Waals surface area contributed by atoms with Crippen LogP contribution in [0, 0.1) is 6.92 Å². The second-order valence-electron chi connectivity index (χ2n) is 9.46. The van der Waals surface area contributed by atoms with Gasteiger partial charge < -0.3 is 0 Å². The van der Waals surface area contributed by atoms with Crippen molar-refractivity contribution in [2.45, 2.75) is 46.1 Å². The molecule has 6 nitrogen and oxygen atoms in total. The van der Waals surface area contributed by atoms with E-state index in [1.807, 2.05) is 56.3 Å². The van der Waals surface area contributed by atoms with Crippen molar-refractivity contribution in [1.82, 2.24) is 5.43 Å². The molecular formula is C28H33N3O3S. The molecule has 0 aliphatic carbocycles. The SMILES string of the molecule is C/C(CC(C)(C)c1ccccc1)=N/NC(=O)c1ccc(N(Cc2ccccc2C)S(C)(=O)=O)cc1. The summed E-state index contributed by atoms with van der Waals surface area (Å²) in [7, 11) is -3.52. The van der Waals surface area contributed by atoms with E-state index in [1.54, 1.807) is 24.3 Å². The highest BCUT2D eigenvalue weighted by Crippen LogP contribution is 2.27. The Morgan fingerprint density at radius 1 is 0.943 bits per heavy atom. The van der Waals surface area contributed by atoms with Gasteiger partial charge in [-0.1, -0.05) is 68.4 Å². The van der Waals surface area contributed by atoms with Gasteiger partial charge in [0.25, 0.3) is 5.91 Å². The molecule has 0 spiro atoms. The number of hydrogen-bond acceptors (Lipinski definition) is 4. The van der Waals surface area contributed by atoms with Gasteiger partial charge in [0.15, 0.2) is 0 Å². The molecule has 0 heterocycles. The molecule has 0 radical (unpaired) electrons. The predicted molar refractivity (Wildman–Crippen MR) is 143 cm³/mol. The fraction of sp³-hybridized carbons (Fsp3) is 0.286. The molecule has 0 fully saturated rings. The summed E-state index contributed by atoms with van der Waals surface area (Å²) in [5, 5.41) is 4.28. The van der Waals surface area contributed by atoms with Crippen LogP contribution in [0.1, 0.15) is 54.2 Å². The van der Waals surface area contributed by atoms with Gasteiger partial charge in [0, 0.05) is 11.3 Å². The number of nitrogens with one attached hydrogen (secondary N) is 1. The molecule has 0 aromatic heterocycles. The molecule has 3 aromatic rings. The third-order valence-electron chi connectivity index (χ3n) is 5.99. The molecule has 35 heavy (non-hydrogen) atoms. The number of carbonyl (C=O) groups excluding carboxylic acids is 1. The van der Waals surface area contributed by atoms with Gasteiger partial charge in [0.1, 0.15) is 0 Å². The Bertz CT molecular complexity index is 1300. The largest absolute Gasteiger partial charge is 0.271 e. The summed E-state index contributed by atoms with van der Waals surface area (Å²) in [5.41, 5.74) is 7.35. The van der Waals surface area contributed by atoms with Crippen molar-refractivity contribution in [3.05, 3.63) is 101 Å². The summed E-state index contributed by atoms with van der Waals surface area (Å²) in [6.07, 6.45) is 1.87. The van der Waals surface area contributed by atoms with E-state index in [0.717, 1.165) is 16.8 Å². The van der Waals surface area contributed by atoms with Gasteiger partial charge in [0.05, 0.1) is 18.5 Å². The fourth-order valence-corrected chi connectivity index (χ4v) is 4.88. The predicted octanol–water partition coefficient (Wildman–Crippen LogP) is 5.43. The lowest BCUT2D eigenvalue weighted by Gasteiger charge is -2.25. The summed E-state index contributed by atoms with van der Waals surface area (Å²) in [6, 6.07) is 24.4. The molecule has 0 aliphatic heterocycles. The number of benzene rings is 3. The van der Waals surface area contributed by atoms with E-state index >= 15 is 0 Å². The van der Waals surface area contributed by atoms with Crippen LogP contribution in [-0.4, -0.2) is 26.3 Å². The summed E-state index contributed by atoms with van der Waals surface area (Å²) in [4.78, 5) is 12.6. The van der Waals surface area contributed by atoms with Gasteiger partial charge >= 0.3 is 0 Å². The molecule has 184 valence electrons. The molecular weight excluding hydrogens is 458 g/mol. The maximum atomic E-state index is 12.6. The van der Waals surface area contributed by atoms with Gasteiger partial charge in [-0.2, -0.15) is 5.10 Å². The van der Waals surface area contributed by atoms with Crippen molar-refractivity contribution in [1.29, 1.82) is 0 Å². The maximum absolute atomic E-state index is 12.6. The first-order valence-electron chi connectivity index (χ1n) is 11.5. The van der Waals surface area contributed by atoms with Crippen molar-refractivity contribution in [3.63, 3.8) is 0 Å². The van der Waals surface area contributed by atoms with Crippen LogP contribution in [0.25, 0.3) is 0 Å². The zero-order chi connectivity index (χ0) is 25.6. The van der Waals surface area contributed by atoms with Crippen molar-refractivity contribution < 1.29 is 13.2 Å². The first-order chi connectivity index (χ1) is 16.5. The molecule has 0 unspecified atom stereocenters. The van der Waals surface area contributed by atoms with Crippen LogP contribution in [-0.2, 0) is 22.0 Å². The van der Waals surface area contributed by atoms with Crippen molar-refractivity contribution in [2.75, 3.05) is 10.6 Å². The highest BCUT2D eigenvalue weighted by molar-refractivity contribution is 7.92. The number of hydrogen-bond donors (Lipinski definition) is 1. The third-order valence-corrected chi connectivity index (χ3v) is 7.13. The van der Waals surface area contributed by atoms with Crippen LogP contribution in [0.15, 0.2) is 84.0 Å². The van der Waals surface area contributed by atoms with Crippen LogP contribution >= 0.6 is 0 Å². The summed E-state index contributed by atoms with van der Waals surface area (Å²) in [6.45, 7) is 8.35. The highest BCUT2D eigenvalue weighted by Gasteiger charge is 2.22. The second-order valence-corrected chi connectivity index (χ2v) is 11.4. The molecule has 1 amide bonds. The Labute approximate surface area is 208 Å². The number of anilines is 1. The first-order valence-corrected chi connectivity index (χ1v) is 13.3. The standard InChI is InChI=1S/C28H33N3O3S/c1-21-11-9-10-12-24(21)20-31(35(5,33)34)26-17-15-23(16-18-26)27(32)30-29-22(2)19-28(3,4)25-13-7-6-8-14-25/h6-18H,19-20H2,1-5H3,(H,30,32)/b29-22-. The molecule has 7 heteroatoms. The molecule has 0 saturated heterocycles. The lowest BCUT2D eigenvalue weighted by atomic mass is 9.80. The molecule has 0 aliphatic rings. The van der Waals surface area contributed by atoms with E-state index in [9.17, 15) is 13.2 Å².